The fourth-order valence-corrected chi connectivity index (χ4v) is 2.43. The lowest BCUT2D eigenvalue weighted by molar-refractivity contribution is -0.132. The van der Waals surface area contributed by atoms with Gasteiger partial charge in [0.25, 0.3) is 5.91 Å². The minimum Gasteiger partial charge on any atom is -0.395 e. The zero-order chi connectivity index (χ0) is 14.0. The van der Waals surface area contributed by atoms with Gasteiger partial charge in [-0.25, -0.2) is 4.79 Å². The van der Waals surface area contributed by atoms with E-state index < -0.39 is 11.6 Å². The summed E-state index contributed by atoms with van der Waals surface area (Å²) >= 11 is 5.83. The number of nitrogens with zero attached hydrogens (tertiary/aromatic N) is 1. The lowest BCUT2D eigenvalue weighted by atomic mass is 9.87. The fourth-order valence-electron chi connectivity index (χ4n) is 2.30. The molecule has 0 bridgehead atoms. The molecular formula is C13H15ClN2O3. The summed E-state index contributed by atoms with van der Waals surface area (Å²) in [5.41, 5.74) is -0.366. The molecule has 2 rings (SSSR count). The molecule has 3 amide bonds. The molecule has 0 radical (unpaired) electrons. The molecule has 1 heterocycles. The standard InChI is InChI=1S/C13H15ClN2O3/c1-2-13(9-3-5-10(14)6-4-9)11(18)16(7-8-17)12(19)15-13/h3-6,17H,2,7-8H2,1H3,(H,15,19)/t13-/m0/s1. The molecule has 0 saturated carbocycles. The molecule has 1 aromatic rings. The molecular weight excluding hydrogens is 268 g/mol. The second-order valence-electron chi connectivity index (χ2n) is 4.38. The van der Waals surface area contributed by atoms with Gasteiger partial charge in [0.1, 0.15) is 5.54 Å². The van der Waals surface area contributed by atoms with Gasteiger partial charge in [-0.15, -0.1) is 0 Å². The number of urea groups is 1. The second kappa shape index (κ2) is 5.19. The van der Waals surface area contributed by atoms with Crippen LogP contribution in [0.25, 0.3) is 0 Å². The van der Waals surface area contributed by atoms with Crippen molar-refractivity contribution in [3.63, 3.8) is 0 Å². The molecule has 102 valence electrons. The molecule has 1 saturated heterocycles. The van der Waals surface area contributed by atoms with Crippen molar-refractivity contribution in [1.29, 1.82) is 0 Å². The van der Waals surface area contributed by atoms with Gasteiger partial charge in [-0.2, -0.15) is 0 Å². The highest BCUT2D eigenvalue weighted by atomic mass is 35.5. The molecule has 0 aliphatic carbocycles. The van der Waals surface area contributed by atoms with E-state index in [1.165, 1.54) is 0 Å². The van der Waals surface area contributed by atoms with Gasteiger partial charge in [0.15, 0.2) is 0 Å². The lowest BCUT2D eigenvalue weighted by Crippen LogP contribution is -2.43. The summed E-state index contributed by atoms with van der Waals surface area (Å²) in [6, 6.07) is 6.35. The van der Waals surface area contributed by atoms with Gasteiger partial charge in [0.2, 0.25) is 0 Å². The quantitative estimate of drug-likeness (QED) is 0.822. The van der Waals surface area contributed by atoms with E-state index in [9.17, 15) is 9.59 Å². The Morgan fingerprint density at radius 1 is 1.32 bits per heavy atom. The first-order chi connectivity index (χ1) is 9.05. The fraction of sp³-hybridized carbons (Fsp3) is 0.385. The number of nitrogens with one attached hydrogen (secondary N) is 1. The molecule has 1 aromatic carbocycles. The Morgan fingerprint density at radius 2 is 1.95 bits per heavy atom. The number of carbonyl (C=O) groups is 2. The van der Waals surface area contributed by atoms with E-state index >= 15 is 0 Å². The van der Waals surface area contributed by atoms with Gasteiger partial charge in [-0.05, 0) is 24.1 Å². The Bertz CT molecular complexity index is 503. The summed E-state index contributed by atoms with van der Waals surface area (Å²) in [6.07, 6.45) is 0.432. The van der Waals surface area contributed by atoms with Crippen LogP contribution in [0.3, 0.4) is 0 Å². The van der Waals surface area contributed by atoms with Gasteiger partial charge >= 0.3 is 6.03 Å². The van der Waals surface area contributed by atoms with E-state index in [2.05, 4.69) is 5.32 Å². The Kier molecular flexibility index (Phi) is 3.78. The number of rotatable bonds is 4. The number of amides is 3. The minimum atomic E-state index is -1.06. The number of imide groups is 1. The number of aliphatic hydroxyl groups is 1. The summed E-state index contributed by atoms with van der Waals surface area (Å²) in [5.74, 6) is -0.337. The smallest absolute Gasteiger partial charge is 0.325 e. The van der Waals surface area contributed by atoms with Gasteiger partial charge in [0, 0.05) is 5.02 Å². The van der Waals surface area contributed by atoms with E-state index in [0.29, 0.717) is 17.0 Å². The molecule has 2 N–H and O–H groups in total. The van der Waals surface area contributed by atoms with Crippen molar-refractivity contribution in [2.45, 2.75) is 18.9 Å². The number of aliphatic hydroxyl groups excluding tert-OH is 1. The topological polar surface area (TPSA) is 69.6 Å². The Balaban J connectivity index is 2.41. The van der Waals surface area contributed by atoms with E-state index in [-0.39, 0.29) is 19.1 Å². The van der Waals surface area contributed by atoms with Crippen LogP contribution < -0.4 is 5.32 Å². The zero-order valence-corrected chi connectivity index (χ0v) is 11.3. The number of hydrogen-bond donors (Lipinski definition) is 2. The zero-order valence-electron chi connectivity index (χ0n) is 10.5. The molecule has 0 aromatic heterocycles. The first-order valence-corrected chi connectivity index (χ1v) is 6.44. The van der Waals surface area contributed by atoms with Crippen LogP contribution in [-0.2, 0) is 10.3 Å². The third-order valence-corrected chi connectivity index (χ3v) is 3.62. The van der Waals surface area contributed by atoms with Crippen LogP contribution in [0, 0.1) is 0 Å². The minimum absolute atomic E-state index is 0.00000636. The van der Waals surface area contributed by atoms with Crippen LogP contribution in [0.4, 0.5) is 4.79 Å². The third kappa shape index (κ3) is 2.19. The van der Waals surface area contributed by atoms with Crippen molar-refractivity contribution in [2.24, 2.45) is 0 Å². The average molecular weight is 283 g/mol. The van der Waals surface area contributed by atoms with Crippen LogP contribution in [0.1, 0.15) is 18.9 Å². The Labute approximate surface area is 116 Å². The summed E-state index contributed by atoms with van der Waals surface area (Å²) in [4.78, 5) is 25.3. The molecule has 0 unspecified atom stereocenters. The van der Waals surface area contributed by atoms with Crippen molar-refractivity contribution >= 4 is 23.5 Å². The molecule has 1 atom stereocenters. The Hall–Kier alpha value is -1.59. The third-order valence-electron chi connectivity index (χ3n) is 3.37. The van der Waals surface area contributed by atoms with Crippen molar-refractivity contribution in [2.75, 3.05) is 13.2 Å². The first-order valence-electron chi connectivity index (χ1n) is 6.06. The van der Waals surface area contributed by atoms with E-state index in [1.54, 1.807) is 24.3 Å². The van der Waals surface area contributed by atoms with Crippen molar-refractivity contribution < 1.29 is 14.7 Å². The highest BCUT2D eigenvalue weighted by Gasteiger charge is 2.50. The molecule has 6 heteroatoms. The van der Waals surface area contributed by atoms with Crippen molar-refractivity contribution in [1.82, 2.24) is 10.2 Å². The van der Waals surface area contributed by atoms with E-state index in [0.717, 1.165) is 4.90 Å². The van der Waals surface area contributed by atoms with Crippen molar-refractivity contribution in [3.8, 4) is 0 Å². The number of halogens is 1. The highest BCUT2D eigenvalue weighted by Crippen LogP contribution is 2.32. The lowest BCUT2D eigenvalue weighted by Gasteiger charge is -2.25. The van der Waals surface area contributed by atoms with Crippen LogP contribution in [-0.4, -0.2) is 35.1 Å². The first kappa shape index (κ1) is 13.8. The summed E-state index contributed by atoms with van der Waals surface area (Å²) in [7, 11) is 0. The molecule has 1 aliphatic heterocycles. The number of carbonyl (C=O) groups excluding carboxylic acids is 2. The molecule has 1 fully saturated rings. The van der Waals surface area contributed by atoms with Gasteiger partial charge < -0.3 is 10.4 Å². The van der Waals surface area contributed by atoms with Crippen LogP contribution in [0.5, 0.6) is 0 Å². The normalized spacial score (nSPS) is 22.8. The monoisotopic (exact) mass is 282 g/mol. The molecule has 19 heavy (non-hydrogen) atoms. The predicted molar refractivity (Wildman–Crippen MR) is 70.8 cm³/mol. The molecule has 5 nitrogen and oxygen atoms in total. The van der Waals surface area contributed by atoms with E-state index in [1.807, 2.05) is 6.92 Å². The van der Waals surface area contributed by atoms with Gasteiger partial charge in [-0.3, -0.25) is 9.69 Å². The number of benzene rings is 1. The average Bonchev–Trinajstić information content (AvgIpc) is 2.65. The van der Waals surface area contributed by atoms with Crippen LogP contribution >= 0.6 is 11.6 Å². The second-order valence-corrected chi connectivity index (χ2v) is 4.81. The maximum absolute atomic E-state index is 12.4. The number of hydrogen-bond acceptors (Lipinski definition) is 3. The summed E-state index contributed by atoms with van der Waals surface area (Å²) in [6.45, 7) is 1.58. The molecule has 1 aliphatic rings. The maximum Gasteiger partial charge on any atom is 0.325 e. The summed E-state index contributed by atoms with van der Waals surface area (Å²) < 4.78 is 0. The largest absolute Gasteiger partial charge is 0.395 e. The Morgan fingerprint density at radius 3 is 2.47 bits per heavy atom. The van der Waals surface area contributed by atoms with Gasteiger partial charge in [-0.1, -0.05) is 30.7 Å². The van der Waals surface area contributed by atoms with Crippen molar-refractivity contribution in [3.05, 3.63) is 34.9 Å². The maximum atomic E-state index is 12.4. The highest BCUT2D eigenvalue weighted by molar-refractivity contribution is 6.30. The predicted octanol–water partition coefficient (Wildman–Crippen LogP) is 1.49. The van der Waals surface area contributed by atoms with E-state index in [4.69, 9.17) is 16.7 Å². The van der Waals surface area contributed by atoms with Gasteiger partial charge in [0.05, 0.1) is 13.2 Å². The SMILES string of the molecule is CC[C@@]1(c2ccc(Cl)cc2)NC(=O)N(CCO)C1=O. The van der Waals surface area contributed by atoms with Crippen LogP contribution in [0.15, 0.2) is 24.3 Å². The summed E-state index contributed by atoms with van der Waals surface area (Å²) in [5, 5.41) is 12.2. The number of β-amino-alcohol motifs (C(OH)–C–C–N with tert-alkyl or cyclic N) is 1. The van der Waals surface area contributed by atoms with Crippen LogP contribution in [0.2, 0.25) is 5.02 Å². The molecule has 0 spiro atoms.